The first-order valence-corrected chi connectivity index (χ1v) is 10.5. The highest BCUT2D eigenvalue weighted by molar-refractivity contribution is 5.92. The van der Waals surface area contributed by atoms with Gasteiger partial charge >= 0.3 is 6.09 Å². The minimum Gasteiger partial charge on any atom is -0.444 e. The number of aliphatic imine (C=N–C) groups is 1. The summed E-state index contributed by atoms with van der Waals surface area (Å²) < 4.78 is 4.58. The van der Waals surface area contributed by atoms with Crippen molar-refractivity contribution in [2.45, 2.75) is 99.1 Å². The zero-order valence-corrected chi connectivity index (χ0v) is 19.6. The highest BCUT2D eigenvalue weighted by Crippen LogP contribution is 2.48. The quantitative estimate of drug-likeness (QED) is 0.557. The summed E-state index contributed by atoms with van der Waals surface area (Å²) in [5.41, 5.74) is 7.31. The molecule has 0 bridgehead atoms. The molecule has 1 amide bonds. The maximum atomic E-state index is 10.0. The van der Waals surface area contributed by atoms with E-state index in [4.69, 9.17) is 10.7 Å². The number of ether oxygens (including phenoxy) is 1. The minimum absolute atomic E-state index is 0.0998. The van der Waals surface area contributed by atoms with Gasteiger partial charge in [-0.1, -0.05) is 64.4 Å². The van der Waals surface area contributed by atoms with Crippen LogP contribution < -0.4 is 5.73 Å². The summed E-state index contributed by atoms with van der Waals surface area (Å²) in [6, 6.07) is 10.6. The molecule has 0 spiro atoms. The van der Waals surface area contributed by atoms with Gasteiger partial charge in [-0.25, -0.2) is 4.79 Å². The summed E-state index contributed by atoms with van der Waals surface area (Å²) in [5, 5.41) is 0. The Morgan fingerprint density at radius 1 is 1.11 bits per heavy atom. The average molecular weight is 391 g/mol. The van der Waals surface area contributed by atoms with Crippen LogP contribution in [0.2, 0.25) is 0 Å². The van der Waals surface area contributed by atoms with Crippen LogP contribution in [0.1, 0.15) is 93.6 Å². The Morgan fingerprint density at radius 3 is 1.93 bits per heavy atom. The molecule has 0 unspecified atom stereocenters. The zero-order chi connectivity index (χ0) is 22.0. The predicted molar refractivity (Wildman–Crippen MR) is 121 cm³/mol. The summed E-state index contributed by atoms with van der Waals surface area (Å²) >= 11 is 0. The SMILES string of the molecule is CC.CC(C)(C)OC(N)=O.CCCC(=NC(C)(C)c1ccccc1)C1(C)CC1. The molecule has 4 nitrogen and oxygen atoms in total. The summed E-state index contributed by atoms with van der Waals surface area (Å²) in [5.74, 6) is 0. The Bertz CT molecular complexity index is 609. The topological polar surface area (TPSA) is 64.7 Å². The molecule has 2 rings (SSSR count). The average Bonchev–Trinajstić information content (AvgIpc) is 3.34. The van der Waals surface area contributed by atoms with E-state index in [1.807, 2.05) is 13.8 Å². The van der Waals surface area contributed by atoms with Crippen molar-refractivity contribution in [2.75, 3.05) is 0 Å². The van der Waals surface area contributed by atoms with Crippen LogP contribution >= 0.6 is 0 Å². The third-order valence-electron chi connectivity index (χ3n) is 4.48. The molecule has 0 heterocycles. The number of carbonyl (C=O) groups excluding carboxylic acids is 1. The van der Waals surface area contributed by atoms with Gasteiger partial charge < -0.3 is 10.5 Å². The van der Waals surface area contributed by atoms with Crippen molar-refractivity contribution in [3.63, 3.8) is 0 Å². The van der Waals surface area contributed by atoms with Gasteiger partial charge in [0.25, 0.3) is 0 Å². The third-order valence-corrected chi connectivity index (χ3v) is 4.48. The van der Waals surface area contributed by atoms with Crippen LogP contribution in [0.25, 0.3) is 0 Å². The third kappa shape index (κ3) is 9.91. The van der Waals surface area contributed by atoms with E-state index in [9.17, 15) is 4.79 Å². The lowest BCUT2D eigenvalue weighted by atomic mass is 9.92. The van der Waals surface area contributed by atoms with E-state index < -0.39 is 11.7 Å². The van der Waals surface area contributed by atoms with E-state index in [-0.39, 0.29) is 5.54 Å². The molecule has 0 aliphatic heterocycles. The van der Waals surface area contributed by atoms with Gasteiger partial charge in [-0.2, -0.15) is 0 Å². The number of hydrogen-bond donors (Lipinski definition) is 1. The molecule has 0 aromatic heterocycles. The summed E-state index contributed by atoms with van der Waals surface area (Å²) in [6.07, 6.45) is 4.25. The Labute approximate surface area is 173 Å². The van der Waals surface area contributed by atoms with Crippen molar-refractivity contribution in [1.29, 1.82) is 0 Å². The summed E-state index contributed by atoms with van der Waals surface area (Å²) in [4.78, 5) is 15.1. The van der Waals surface area contributed by atoms with Crippen molar-refractivity contribution in [1.82, 2.24) is 0 Å². The van der Waals surface area contributed by atoms with E-state index in [1.54, 1.807) is 20.8 Å². The second-order valence-corrected chi connectivity index (χ2v) is 8.83. The Hall–Kier alpha value is -1.84. The van der Waals surface area contributed by atoms with E-state index in [1.165, 1.54) is 30.5 Å². The highest BCUT2D eigenvalue weighted by Gasteiger charge is 2.42. The van der Waals surface area contributed by atoms with Crippen LogP contribution in [-0.2, 0) is 10.3 Å². The molecule has 0 radical (unpaired) electrons. The van der Waals surface area contributed by atoms with Crippen LogP contribution in [0.4, 0.5) is 4.79 Å². The van der Waals surface area contributed by atoms with Gasteiger partial charge in [0.05, 0.1) is 5.54 Å². The smallest absolute Gasteiger partial charge is 0.405 e. The van der Waals surface area contributed by atoms with E-state index >= 15 is 0 Å². The maximum Gasteiger partial charge on any atom is 0.405 e. The van der Waals surface area contributed by atoms with Gasteiger partial charge in [-0.15, -0.1) is 0 Å². The standard InChI is InChI=1S/C17H25N.C5H11NO2.C2H6/c1-5-9-15(17(4)12-13-17)18-16(2,3)14-10-7-6-8-11-14;1-5(2,3)8-4(6)7;1-2/h6-8,10-11H,5,9,12-13H2,1-4H3;1-3H3,(H2,6,7);1-2H3. The first-order valence-electron chi connectivity index (χ1n) is 10.5. The molecule has 1 saturated carbocycles. The molecule has 1 aliphatic carbocycles. The maximum absolute atomic E-state index is 10.0. The molecular formula is C24H42N2O2. The summed E-state index contributed by atoms with van der Waals surface area (Å²) in [6.45, 7) is 18.3. The summed E-state index contributed by atoms with van der Waals surface area (Å²) in [7, 11) is 0. The first-order chi connectivity index (χ1) is 12.9. The number of rotatable bonds is 5. The molecule has 2 N–H and O–H groups in total. The lowest BCUT2D eigenvalue weighted by molar-refractivity contribution is 0.0600. The predicted octanol–water partition coefficient (Wildman–Crippen LogP) is 6.87. The van der Waals surface area contributed by atoms with Crippen LogP contribution in [0.5, 0.6) is 0 Å². The van der Waals surface area contributed by atoms with E-state index in [0.717, 1.165) is 6.42 Å². The fraction of sp³-hybridized carbons (Fsp3) is 0.667. The molecule has 1 aliphatic rings. The molecule has 0 saturated heterocycles. The van der Waals surface area contributed by atoms with Gasteiger partial charge in [0, 0.05) is 11.1 Å². The lowest BCUT2D eigenvalue weighted by Crippen LogP contribution is -2.27. The molecule has 4 heteroatoms. The zero-order valence-electron chi connectivity index (χ0n) is 19.6. The molecule has 0 atom stereocenters. The molecule has 1 fully saturated rings. The molecule has 28 heavy (non-hydrogen) atoms. The number of hydrogen-bond acceptors (Lipinski definition) is 3. The number of primary amides is 1. The number of nitrogens with two attached hydrogens (primary N) is 1. The monoisotopic (exact) mass is 390 g/mol. The highest BCUT2D eigenvalue weighted by atomic mass is 16.6. The molecule has 1 aromatic rings. The van der Waals surface area contributed by atoms with Gasteiger partial charge in [-0.05, 0) is 59.4 Å². The Morgan fingerprint density at radius 2 is 1.61 bits per heavy atom. The van der Waals surface area contributed by atoms with Crippen LogP contribution in [-0.4, -0.2) is 17.4 Å². The Kier molecular flexibility index (Phi) is 10.5. The number of nitrogens with zero attached hydrogens (tertiary/aromatic N) is 1. The molecule has 1 aromatic carbocycles. The van der Waals surface area contributed by atoms with Crippen LogP contribution in [0.3, 0.4) is 0 Å². The normalized spacial score (nSPS) is 15.4. The fourth-order valence-electron chi connectivity index (χ4n) is 2.76. The Balaban J connectivity index is 0.000000618. The second-order valence-electron chi connectivity index (χ2n) is 8.83. The van der Waals surface area contributed by atoms with E-state index in [2.05, 4.69) is 62.8 Å². The van der Waals surface area contributed by atoms with E-state index in [0.29, 0.717) is 5.41 Å². The minimum atomic E-state index is -0.725. The molecule has 160 valence electrons. The van der Waals surface area contributed by atoms with Gasteiger partial charge in [0.2, 0.25) is 0 Å². The van der Waals surface area contributed by atoms with Crippen molar-refractivity contribution in [2.24, 2.45) is 16.1 Å². The van der Waals surface area contributed by atoms with Gasteiger partial charge in [-0.3, -0.25) is 4.99 Å². The lowest BCUT2D eigenvalue weighted by Gasteiger charge is -2.25. The van der Waals surface area contributed by atoms with Crippen LogP contribution in [0, 0.1) is 5.41 Å². The largest absolute Gasteiger partial charge is 0.444 e. The number of benzene rings is 1. The van der Waals surface area contributed by atoms with Crippen molar-refractivity contribution in [3.05, 3.63) is 35.9 Å². The van der Waals surface area contributed by atoms with Gasteiger partial charge in [0.15, 0.2) is 0 Å². The van der Waals surface area contributed by atoms with Crippen molar-refractivity contribution >= 4 is 11.8 Å². The first kappa shape index (κ1) is 26.2. The molecular weight excluding hydrogens is 348 g/mol. The number of carbonyl (C=O) groups is 1. The number of amides is 1. The van der Waals surface area contributed by atoms with Crippen molar-refractivity contribution < 1.29 is 9.53 Å². The van der Waals surface area contributed by atoms with Gasteiger partial charge in [0.1, 0.15) is 5.60 Å². The van der Waals surface area contributed by atoms with Crippen molar-refractivity contribution in [3.8, 4) is 0 Å². The second kappa shape index (κ2) is 11.2. The van der Waals surface area contributed by atoms with Crippen LogP contribution in [0.15, 0.2) is 35.3 Å². The fourth-order valence-corrected chi connectivity index (χ4v) is 2.76.